The van der Waals surface area contributed by atoms with Gasteiger partial charge in [-0.05, 0) is 60.3 Å². The van der Waals surface area contributed by atoms with E-state index in [2.05, 4.69) is 22.2 Å². The Morgan fingerprint density at radius 2 is 1.96 bits per heavy atom. The highest BCUT2D eigenvalue weighted by Gasteiger charge is 2.20. The molecule has 1 unspecified atom stereocenters. The van der Waals surface area contributed by atoms with Crippen molar-refractivity contribution >= 4 is 15.7 Å². The smallest absolute Gasteiger partial charge is 0.229 e. The number of nitrogens with one attached hydrogen (secondary N) is 2. The maximum atomic E-state index is 11.4. The summed E-state index contributed by atoms with van der Waals surface area (Å²) in [7, 11) is -1.59. The van der Waals surface area contributed by atoms with Gasteiger partial charge in [-0.2, -0.15) is 0 Å². The van der Waals surface area contributed by atoms with E-state index in [-0.39, 0.29) is 6.04 Å². The Morgan fingerprint density at radius 1 is 1.21 bits per heavy atom. The van der Waals surface area contributed by atoms with E-state index in [4.69, 9.17) is 4.74 Å². The summed E-state index contributed by atoms with van der Waals surface area (Å²) >= 11 is 0. The lowest BCUT2D eigenvalue weighted by molar-refractivity contribution is 0.414. The molecule has 0 saturated carbocycles. The van der Waals surface area contributed by atoms with E-state index in [1.807, 2.05) is 30.3 Å². The molecule has 0 fully saturated rings. The van der Waals surface area contributed by atoms with E-state index in [9.17, 15) is 8.42 Å². The summed E-state index contributed by atoms with van der Waals surface area (Å²) in [6.07, 6.45) is 2.95. The Hall–Kier alpha value is -2.05. The predicted molar refractivity (Wildman–Crippen MR) is 96.1 cm³/mol. The van der Waals surface area contributed by atoms with Gasteiger partial charge in [0.05, 0.1) is 13.4 Å². The van der Waals surface area contributed by atoms with Gasteiger partial charge in [0.2, 0.25) is 10.0 Å². The summed E-state index contributed by atoms with van der Waals surface area (Å²) < 4.78 is 30.5. The van der Waals surface area contributed by atoms with E-state index in [0.717, 1.165) is 25.1 Å². The summed E-state index contributed by atoms with van der Waals surface area (Å²) in [5.74, 6) is 0.854. The second-order valence-corrected chi connectivity index (χ2v) is 7.85. The molecule has 128 valence electrons. The molecule has 0 bridgehead atoms. The molecule has 5 nitrogen and oxygen atoms in total. The maximum Gasteiger partial charge on any atom is 0.229 e. The van der Waals surface area contributed by atoms with Crippen LogP contribution in [0.5, 0.6) is 5.75 Å². The molecule has 1 aliphatic rings. The molecule has 0 spiro atoms. The molecule has 2 aromatic rings. The number of ether oxygens (including phenoxy) is 1. The molecule has 0 aliphatic carbocycles. The Kier molecular flexibility index (Phi) is 4.78. The molecule has 0 amide bonds. The largest absolute Gasteiger partial charge is 0.497 e. The minimum absolute atomic E-state index is 0.231. The lowest BCUT2D eigenvalue weighted by Gasteiger charge is -2.27. The van der Waals surface area contributed by atoms with Gasteiger partial charge in [-0.25, -0.2) is 8.42 Å². The number of sulfonamides is 1. The molecular formula is C18H22N2O3S. The van der Waals surface area contributed by atoms with Crippen LogP contribution in [0.15, 0.2) is 42.5 Å². The maximum absolute atomic E-state index is 11.4. The monoisotopic (exact) mass is 346 g/mol. The second kappa shape index (κ2) is 6.83. The van der Waals surface area contributed by atoms with Crippen molar-refractivity contribution in [3.8, 4) is 5.75 Å². The molecule has 2 aromatic carbocycles. The quantitative estimate of drug-likeness (QED) is 0.873. The minimum Gasteiger partial charge on any atom is -0.497 e. The number of fused-ring (bicyclic) bond motifs is 1. The topological polar surface area (TPSA) is 67.4 Å². The Balaban J connectivity index is 1.80. The first-order chi connectivity index (χ1) is 11.4. The fourth-order valence-corrected chi connectivity index (χ4v) is 3.67. The predicted octanol–water partition coefficient (Wildman–Crippen LogP) is 2.50. The minimum atomic E-state index is -3.25. The van der Waals surface area contributed by atoms with Crippen LogP contribution in [0.1, 0.15) is 22.7 Å². The average molecular weight is 346 g/mol. The number of hydrogen-bond acceptors (Lipinski definition) is 4. The molecule has 24 heavy (non-hydrogen) atoms. The molecule has 6 heteroatoms. The van der Waals surface area contributed by atoms with Crippen LogP contribution >= 0.6 is 0 Å². The molecule has 0 saturated heterocycles. The van der Waals surface area contributed by atoms with Crippen LogP contribution in [0.25, 0.3) is 0 Å². The highest BCUT2D eigenvalue weighted by Crippen LogP contribution is 2.29. The SMILES string of the molecule is COc1ccc(CC2NCCc3cc(NS(C)(=O)=O)ccc32)cc1. The third-order valence-corrected chi connectivity index (χ3v) is 4.81. The van der Waals surface area contributed by atoms with E-state index in [1.54, 1.807) is 7.11 Å². The normalized spacial score (nSPS) is 17.2. The zero-order valence-corrected chi connectivity index (χ0v) is 14.7. The van der Waals surface area contributed by atoms with Gasteiger partial charge in [-0.3, -0.25) is 4.72 Å². The van der Waals surface area contributed by atoms with Gasteiger partial charge in [0.25, 0.3) is 0 Å². The number of benzene rings is 2. The van der Waals surface area contributed by atoms with E-state index in [0.29, 0.717) is 5.69 Å². The fraction of sp³-hybridized carbons (Fsp3) is 0.333. The van der Waals surface area contributed by atoms with Crippen molar-refractivity contribution in [2.75, 3.05) is 24.6 Å². The van der Waals surface area contributed by atoms with Crippen molar-refractivity contribution in [3.63, 3.8) is 0 Å². The first kappa shape index (κ1) is 16.8. The van der Waals surface area contributed by atoms with Crippen molar-refractivity contribution in [1.82, 2.24) is 5.32 Å². The summed E-state index contributed by atoms with van der Waals surface area (Å²) in [4.78, 5) is 0. The lowest BCUT2D eigenvalue weighted by atomic mass is 9.90. The van der Waals surface area contributed by atoms with Crippen molar-refractivity contribution in [2.45, 2.75) is 18.9 Å². The lowest BCUT2D eigenvalue weighted by Crippen LogP contribution is -2.31. The number of rotatable bonds is 5. The van der Waals surface area contributed by atoms with Crippen molar-refractivity contribution in [2.24, 2.45) is 0 Å². The van der Waals surface area contributed by atoms with Gasteiger partial charge >= 0.3 is 0 Å². The highest BCUT2D eigenvalue weighted by molar-refractivity contribution is 7.92. The molecule has 3 rings (SSSR count). The number of hydrogen-bond donors (Lipinski definition) is 2. The van der Waals surface area contributed by atoms with Gasteiger partial charge in [-0.1, -0.05) is 18.2 Å². The molecule has 0 radical (unpaired) electrons. The van der Waals surface area contributed by atoms with Crippen LogP contribution in [-0.4, -0.2) is 28.3 Å². The van der Waals surface area contributed by atoms with Crippen LogP contribution in [0.3, 0.4) is 0 Å². The van der Waals surface area contributed by atoms with Gasteiger partial charge < -0.3 is 10.1 Å². The van der Waals surface area contributed by atoms with Crippen LogP contribution in [0.2, 0.25) is 0 Å². The Labute approximate surface area is 143 Å². The van der Waals surface area contributed by atoms with Crippen molar-refractivity contribution in [1.29, 1.82) is 0 Å². The second-order valence-electron chi connectivity index (χ2n) is 6.10. The molecule has 0 aromatic heterocycles. The van der Waals surface area contributed by atoms with E-state index < -0.39 is 10.0 Å². The molecular weight excluding hydrogens is 324 g/mol. The third-order valence-electron chi connectivity index (χ3n) is 4.21. The van der Waals surface area contributed by atoms with Gasteiger partial charge in [0.15, 0.2) is 0 Å². The van der Waals surface area contributed by atoms with Crippen LogP contribution < -0.4 is 14.8 Å². The first-order valence-corrected chi connectivity index (χ1v) is 9.81. The first-order valence-electron chi connectivity index (χ1n) is 7.91. The van der Waals surface area contributed by atoms with Crippen LogP contribution in [0, 0.1) is 0 Å². The zero-order chi connectivity index (χ0) is 17.2. The molecule has 1 atom stereocenters. The van der Waals surface area contributed by atoms with E-state index >= 15 is 0 Å². The third kappa shape index (κ3) is 4.07. The molecule has 1 heterocycles. The zero-order valence-electron chi connectivity index (χ0n) is 13.9. The van der Waals surface area contributed by atoms with Gasteiger partial charge in [-0.15, -0.1) is 0 Å². The standard InChI is InChI=1S/C18H22N2O3S/c1-23-16-6-3-13(4-7-16)11-18-17-8-5-15(20-24(2,21)22)12-14(17)9-10-19-18/h3-8,12,18-20H,9-11H2,1-2H3. The Morgan fingerprint density at radius 3 is 2.62 bits per heavy atom. The number of methoxy groups -OCH3 is 1. The van der Waals surface area contributed by atoms with Crippen molar-refractivity contribution in [3.05, 3.63) is 59.2 Å². The van der Waals surface area contributed by atoms with Crippen LogP contribution in [0.4, 0.5) is 5.69 Å². The van der Waals surface area contributed by atoms with Gasteiger partial charge in [0.1, 0.15) is 5.75 Å². The van der Waals surface area contributed by atoms with Crippen molar-refractivity contribution < 1.29 is 13.2 Å². The number of anilines is 1. The fourth-order valence-electron chi connectivity index (χ4n) is 3.11. The van der Waals surface area contributed by atoms with E-state index in [1.165, 1.54) is 22.9 Å². The van der Waals surface area contributed by atoms with Gasteiger partial charge in [0, 0.05) is 11.7 Å². The summed E-state index contributed by atoms with van der Waals surface area (Å²) in [5.41, 5.74) is 4.29. The average Bonchev–Trinajstić information content (AvgIpc) is 2.54. The highest BCUT2D eigenvalue weighted by atomic mass is 32.2. The summed E-state index contributed by atoms with van der Waals surface area (Å²) in [6.45, 7) is 0.885. The molecule has 1 aliphatic heterocycles. The summed E-state index contributed by atoms with van der Waals surface area (Å²) in [5, 5.41) is 3.55. The summed E-state index contributed by atoms with van der Waals surface area (Å²) in [6, 6.07) is 14.1. The molecule has 2 N–H and O–H groups in total. The Bertz CT molecular complexity index is 817. The van der Waals surface area contributed by atoms with Crippen LogP contribution in [-0.2, 0) is 22.9 Å².